The van der Waals surface area contributed by atoms with Crippen LogP contribution in [0.1, 0.15) is 18.2 Å². The molecule has 0 amide bonds. The Morgan fingerprint density at radius 1 is 1.15 bits per heavy atom. The number of methoxy groups -OCH3 is 1. The van der Waals surface area contributed by atoms with Gasteiger partial charge >= 0.3 is 0 Å². The Labute approximate surface area is 119 Å². The molecule has 0 fully saturated rings. The van der Waals surface area contributed by atoms with Crippen molar-refractivity contribution >= 4 is 5.69 Å². The van der Waals surface area contributed by atoms with Crippen molar-refractivity contribution in [1.29, 1.82) is 0 Å². The van der Waals surface area contributed by atoms with Crippen LogP contribution in [0.5, 0.6) is 11.5 Å². The molecule has 0 aliphatic heterocycles. The zero-order valence-electron chi connectivity index (χ0n) is 12.1. The van der Waals surface area contributed by atoms with Crippen molar-refractivity contribution < 1.29 is 9.47 Å². The molecule has 1 heterocycles. The summed E-state index contributed by atoms with van der Waals surface area (Å²) in [6, 6.07) is 9.89. The predicted molar refractivity (Wildman–Crippen MR) is 80.5 cm³/mol. The zero-order valence-corrected chi connectivity index (χ0v) is 12.1. The van der Waals surface area contributed by atoms with E-state index in [0.717, 1.165) is 28.4 Å². The van der Waals surface area contributed by atoms with Crippen LogP contribution in [0.4, 0.5) is 5.69 Å². The third kappa shape index (κ3) is 3.63. The highest BCUT2D eigenvalue weighted by atomic mass is 16.5. The van der Waals surface area contributed by atoms with E-state index in [0.29, 0.717) is 13.2 Å². The van der Waals surface area contributed by atoms with Crippen LogP contribution in [0.3, 0.4) is 0 Å². The van der Waals surface area contributed by atoms with E-state index < -0.39 is 0 Å². The number of hydrogen-bond acceptors (Lipinski definition) is 4. The summed E-state index contributed by atoms with van der Waals surface area (Å²) in [6.45, 7) is 5.27. The van der Waals surface area contributed by atoms with Crippen LogP contribution in [-0.4, -0.2) is 18.7 Å². The molecule has 0 saturated carbocycles. The Morgan fingerprint density at radius 2 is 2.00 bits per heavy atom. The Kier molecular flexibility index (Phi) is 4.82. The fraction of sp³-hybridized carbons (Fsp3) is 0.312. The van der Waals surface area contributed by atoms with Gasteiger partial charge in [0.2, 0.25) is 0 Å². The summed E-state index contributed by atoms with van der Waals surface area (Å²) < 4.78 is 10.8. The molecule has 2 aromatic rings. The Hall–Kier alpha value is -2.23. The minimum absolute atomic E-state index is 0.610. The second kappa shape index (κ2) is 6.80. The number of pyridine rings is 1. The third-order valence-corrected chi connectivity index (χ3v) is 2.91. The lowest BCUT2D eigenvalue weighted by molar-refractivity contribution is 0.311. The van der Waals surface area contributed by atoms with Crippen LogP contribution in [0, 0.1) is 6.92 Å². The first-order valence-electron chi connectivity index (χ1n) is 6.69. The Morgan fingerprint density at radius 3 is 2.65 bits per heavy atom. The number of benzene rings is 1. The smallest absolute Gasteiger partial charge is 0.163 e. The number of nitrogens with zero attached hydrogens (tertiary/aromatic N) is 1. The van der Waals surface area contributed by atoms with Gasteiger partial charge in [0, 0.05) is 18.0 Å². The average Bonchev–Trinajstić information content (AvgIpc) is 2.47. The Balaban J connectivity index is 2.05. The van der Waals surface area contributed by atoms with Gasteiger partial charge in [-0.05, 0) is 37.6 Å². The van der Waals surface area contributed by atoms with E-state index in [4.69, 9.17) is 9.47 Å². The SMILES string of the molecule is CCOc1cc(NCc2ccc(C)cn2)ccc1OC. The molecular weight excluding hydrogens is 252 g/mol. The highest BCUT2D eigenvalue weighted by Gasteiger charge is 2.05. The van der Waals surface area contributed by atoms with Gasteiger partial charge in [0.1, 0.15) is 0 Å². The molecule has 0 atom stereocenters. The van der Waals surface area contributed by atoms with Gasteiger partial charge in [0.05, 0.1) is 26.0 Å². The topological polar surface area (TPSA) is 43.4 Å². The second-order valence-corrected chi connectivity index (χ2v) is 4.48. The van der Waals surface area contributed by atoms with Gasteiger partial charge in [-0.25, -0.2) is 0 Å². The van der Waals surface area contributed by atoms with Crippen molar-refractivity contribution in [3.8, 4) is 11.5 Å². The minimum Gasteiger partial charge on any atom is -0.493 e. The highest BCUT2D eigenvalue weighted by molar-refractivity contribution is 5.54. The molecule has 1 aromatic carbocycles. The van der Waals surface area contributed by atoms with E-state index in [1.165, 1.54) is 0 Å². The van der Waals surface area contributed by atoms with Crippen molar-refractivity contribution in [2.45, 2.75) is 20.4 Å². The normalized spacial score (nSPS) is 10.2. The highest BCUT2D eigenvalue weighted by Crippen LogP contribution is 2.30. The van der Waals surface area contributed by atoms with Gasteiger partial charge in [-0.15, -0.1) is 0 Å². The van der Waals surface area contributed by atoms with Crippen LogP contribution < -0.4 is 14.8 Å². The summed E-state index contributed by atoms with van der Waals surface area (Å²) in [6.07, 6.45) is 1.87. The number of ether oxygens (including phenoxy) is 2. The number of aryl methyl sites for hydroxylation is 1. The van der Waals surface area contributed by atoms with Crippen LogP contribution >= 0.6 is 0 Å². The van der Waals surface area contributed by atoms with E-state index in [1.807, 2.05) is 44.3 Å². The second-order valence-electron chi connectivity index (χ2n) is 4.48. The summed E-state index contributed by atoms with van der Waals surface area (Å²) in [5.41, 5.74) is 3.15. The van der Waals surface area contributed by atoms with Crippen LogP contribution in [0.25, 0.3) is 0 Å². The standard InChI is InChI=1S/C16H20N2O2/c1-4-20-16-9-13(7-8-15(16)19-3)18-11-14-6-5-12(2)10-17-14/h5-10,18H,4,11H2,1-3H3. The fourth-order valence-corrected chi connectivity index (χ4v) is 1.85. The van der Waals surface area contributed by atoms with E-state index in [9.17, 15) is 0 Å². The lowest BCUT2D eigenvalue weighted by Gasteiger charge is -2.12. The first-order valence-corrected chi connectivity index (χ1v) is 6.69. The van der Waals surface area contributed by atoms with Crippen molar-refractivity contribution in [3.05, 3.63) is 47.8 Å². The first-order chi connectivity index (χ1) is 9.72. The number of rotatable bonds is 6. The zero-order chi connectivity index (χ0) is 14.4. The van der Waals surface area contributed by atoms with Crippen molar-refractivity contribution in [2.75, 3.05) is 19.0 Å². The third-order valence-electron chi connectivity index (χ3n) is 2.91. The average molecular weight is 272 g/mol. The number of nitrogens with one attached hydrogen (secondary N) is 1. The van der Waals surface area contributed by atoms with Crippen LogP contribution in [0.15, 0.2) is 36.5 Å². The van der Waals surface area contributed by atoms with Gasteiger partial charge < -0.3 is 14.8 Å². The molecule has 0 aliphatic carbocycles. The number of anilines is 1. The fourth-order valence-electron chi connectivity index (χ4n) is 1.85. The van der Waals surface area contributed by atoms with E-state index in [-0.39, 0.29) is 0 Å². The van der Waals surface area contributed by atoms with Crippen LogP contribution in [-0.2, 0) is 6.54 Å². The molecule has 0 spiro atoms. The van der Waals surface area contributed by atoms with Gasteiger partial charge in [0.25, 0.3) is 0 Å². The molecule has 106 valence electrons. The summed E-state index contributed by atoms with van der Waals surface area (Å²) in [5, 5.41) is 3.33. The summed E-state index contributed by atoms with van der Waals surface area (Å²) >= 11 is 0. The molecular formula is C16H20N2O2. The quantitative estimate of drug-likeness (QED) is 0.875. The maximum absolute atomic E-state index is 5.56. The van der Waals surface area contributed by atoms with Gasteiger partial charge in [-0.1, -0.05) is 6.07 Å². The molecule has 2 rings (SSSR count). The lowest BCUT2D eigenvalue weighted by atomic mass is 10.2. The molecule has 4 nitrogen and oxygen atoms in total. The number of aromatic nitrogens is 1. The molecule has 0 saturated heterocycles. The summed E-state index contributed by atoms with van der Waals surface area (Å²) in [7, 11) is 1.64. The van der Waals surface area contributed by atoms with Gasteiger partial charge in [-0.3, -0.25) is 4.98 Å². The van der Waals surface area contributed by atoms with E-state index in [1.54, 1.807) is 7.11 Å². The molecule has 4 heteroatoms. The first kappa shape index (κ1) is 14.2. The van der Waals surface area contributed by atoms with Gasteiger partial charge in [0.15, 0.2) is 11.5 Å². The summed E-state index contributed by atoms with van der Waals surface area (Å²) in [5.74, 6) is 1.49. The monoisotopic (exact) mass is 272 g/mol. The van der Waals surface area contributed by atoms with Crippen LogP contribution in [0.2, 0.25) is 0 Å². The van der Waals surface area contributed by atoms with Crippen molar-refractivity contribution in [1.82, 2.24) is 4.98 Å². The molecule has 1 N–H and O–H groups in total. The molecule has 20 heavy (non-hydrogen) atoms. The van der Waals surface area contributed by atoms with Gasteiger partial charge in [-0.2, -0.15) is 0 Å². The largest absolute Gasteiger partial charge is 0.493 e. The summed E-state index contributed by atoms with van der Waals surface area (Å²) in [4.78, 5) is 4.37. The molecule has 0 aliphatic rings. The van der Waals surface area contributed by atoms with Crippen molar-refractivity contribution in [2.24, 2.45) is 0 Å². The molecule has 0 radical (unpaired) electrons. The molecule has 1 aromatic heterocycles. The minimum atomic E-state index is 0.610. The molecule has 0 bridgehead atoms. The predicted octanol–water partition coefficient (Wildman–Crippen LogP) is 3.41. The lowest BCUT2D eigenvalue weighted by Crippen LogP contribution is -2.02. The maximum atomic E-state index is 5.56. The van der Waals surface area contributed by atoms with Crippen molar-refractivity contribution in [3.63, 3.8) is 0 Å². The van der Waals surface area contributed by atoms with E-state index >= 15 is 0 Å². The Bertz CT molecular complexity index is 553. The van der Waals surface area contributed by atoms with E-state index in [2.05, 4.69) is 16.4 Å². The molecule has 0 unspecified atom stereocenters. The maximum Gasteiger partial charge on any atom is 0.163 e. The number of hydrogen-bond donors (Lipinski definition) is 1.